The van der Waals surface area contributed by atoms with Crippen molar-refractivity contribution in [3.63, 3.8) is 0 Å². The van der Waals surface area contributed by atoms with Crippen LogP contribution in [-0.2, 0) is 4.74 Å². The molecule has 0 saturated heterocycles. The summed E-state index contributed by atoms with van der Waals surface area (Å²) >= 11 is 0. The van der Waals surface area contributed by atoms with Gasteiger partial charge in [-0.1, -0.05) is 13.3 Å². The van der Waals surface area contributed by atoms with Crippen molar-refractivity contribution in [2.45, 2.75) is 25.9 Å². The highest BCUT2D eigenvalue weighted by molar-refractivity contribution is 4.58. The van der Waals surface area contributed by atoms with Crippen LogP contribution >= 0.6 is 0 Å². The summed E-state index contributed by atoms with van der Waals surface area (Å²) in [6.07, 6.45) is 1.77. The van der Waals surface area contributed by atoms with E-state index in [1.807, 2.05) is 0 Å². The minimum Gasteiger partial charge on any atom is -0.389 e. The van der Waals surface area contributed by atoms with Gasteiger partial charge >= 0.3 is 0 Å². The summed E-state index contributed by atoms with van der Waals surface area (Å²) in [5.74, 6) is 0. The molecule has 0 aromatic heterocycles. The van der Waals surface area contributed by atoms with Crippen molar-refractivity contribution in [2.75, 3.05) is 32.8 Å². The third-order valence-corrected chi connectivity index (χ3v) is 1.65. The van der Waals surface area contributed by atoms with E-state index in [1.54, 1.807) is 0 Å². The van der Waals surface area contributed by atoms with E-state index in [2.05, 4.69) is 12.2 Å². The molecule has 0 aliphatic heterocycles. The van der Waals surface area contributed by atoms with E-state index in [4.69, 9.17) is 10.5 Å². The molecule has 4 heteroatoms. The van der Waals surface area contributed by atoms with Crippen LogP contribution in [0.5, 0.6) is 0 Å². The summed E-state index contributed by atoms with van der Waals surface area (Å²) in [6.45, 7) is 5.17. The zero-order valence-corrected chi connectivity index (χ0v) is 8.46. The molecular weight excluding hydrogens is 168 g/mol. The molecule has 0 fully saturated rings. The Balaban J connectivity index is 3.05. The molecule has 13 heavy (non-hydrogen) atoms. The molecule has 0 saturated carbocycles. The van der Waals surface area contributed by atoms with E-state index in [-0.39, 0.29) is 0 Å². The second-order valence-electron chi connectivity index (χ2n) is 3.08. The van der Waals surface area contributed by atoms with Crippen molar-refractivity contribution in [3.8, 4) is 0 Å². The first-order chi connectivity index (χ1) is 6.31. The van der Waals surface area contributed by atoms with Gasteiger partial charge in [0.15, 0.2) is 0 Å². The predicted octanol–water partition coefficient (Wildman–Crippen LogP) is -0.288. The van der Waals surface area contributed by atoms with E-state index in [0.717, 1.165) is 26.0 Å². The number of unbranched alkanes of at least 4 members (excludes halogenated alkanes) is 1. The van der Waals surface area contributed by atoms with Gasteiger partial charge in [-0.15, -0.1) is 0 Å². The van der Waals surface area contributed by atoms with Crippen molar-refractivity contribution < 1.29 is 9.84 Å². The number of ether oxygens (including phenoxy) is 1. The Morgan fingerprint density at radius 2 is 2.31 bits per heavy atom. The highest BCUT2D eigenvalue weighted by atomic mass is 16.5. The first kappa shape index (κ1) is 12.8. The largest absolute Gasteiger partial charge is 0.389 e. The lowest BCUT2D eigenvalue weighted by molar-refractivity contribution is 0.0361. The zero-order chi connectivity index (χ0) is 9.94. The van der Waals surface area contributed by atoms with Crippen LogP contribution in [0.1, 0.15) is 19.8 Å². The fourth-order valence-corrected chi connectivity index (χ4v) is 0.895. The Morgan fingerprint density at radius 1 is 1.54 bits per heavy atom. The number of hydrogen-bond acceptors (Lipinski definition) is 4. The average Bonchev–Trinajstić information content (AvgIpc) is 2.13. The molecule has 0 amide bonds. The maximum absolute atomic E-state index is 9.35. The Morgan fingerprint density at radius 3 is 2.92 bits per heavy atom. The monoisotopic (exact) mass is 190 g/mol. The molecule has 0 radical (unpaired) electrons. The molecule has 0 rings (SSSR count). The van der Waals surface area contributed by atoms with Gasteiger partial charge in [0.05, 0.1) is 12.7 Å². The zero-order valence-electron chi connectivity index (χ0n) is 8.46. The highest BCUT2D eigenvalue weighted by Crippen LogP contribution is 1.89. The first-order valence-corrected chi connectivity index (χ1v) is 4.97. The second kappa shape index (κ2) is 9.92. The highest BCUT2D eigenvalue weighted by Gasteiger charge is 2.02. The SMILES string of the molecule is CCCCOCC(O)CNCCN. The molecule has 1 atom stereocenters. The van der Waals surface area contributed by atoms with E-state index < -0.39 is 6.10 Å². The molecule has 0 aromatic rings. The minimum atomic E-state index is -0.414. The van der Waals surface area contributed by atoms with Gasteiger partial charge in [0.2, 0.25) is 0 Å². The quantitative estimate of drug-likeness (QED) is 0.437. The summed E-state index contributed by atoms with van der Waals surface area (Å²) in [4.78, 5) is 0. The Hall–Kier alpha value is -0.160. The van der Waals surface area contributed by atoms with Gasteiger partial charge in [-0.3, -0.25) is 0 Å². The summed E-state index contributed by atoms with van der Waals surface area (Å²) < 4.78 is 5.25. The molecule has 0 aliphatic rings. The fourth-order valence-electron chi connectivity index (χ4n) is 0.895. The number of nitrogens with one attached hydrogen (secondary N) is 1. The van der Waals surface area contributed by atoms with E-state index in [9.17, 15) is 5.11 Å². The van der Waals surface area contributed by atoms with E-state index in [1.165, 1.54) is 0 Å². The molecule has 4 N–H and O–H groups in total. The number of nitrogens with two attached hydrogens (primary N) is 1. The maximum Gasteiger partial charge on any atom is 0.0897 e. The van der Waals surface area contributed by atoms with Crippen molar-refractivity contribution in [2.24, 2.45) is 5.73 Å². The Kier molecular flexibility index (Phi) is 9.80. The van der Waals surface area contributed by atoms with Crippen molar-refractivity contribution in [3.05, 3.63) is 0 Å². The normalized spacial score (nSPS) is 13.2. The first-order valence-electron chi connectivity index (χ1n) is 4.97. The van der Waals surface area contributed by atoms with Crippen molar-refractivity contribution >= 4 is 0 Å². The molecule has 0 aliphatic carbocycles. The third-order valence-electron chi connectivity index (χ3n) is 1.65. The lowest BCUT2D eigenvalue weighted by Crippen LogP contribution is -2.33. The van der Waals surface area contributed by atoms with E-state index in [0.29, 0.717) is 19.7 Å². The van der Waals surface area contributed by atoms with Gasteiger partial charge in [0.25, 0.3) is 0 Å². The Bertz CT molecular complexity index is 102. The average molecular weight is 190 g/mol. The van der Waals surface area contributed by atoms with Gasteiger partial charge in [-0.25, -0.2) is 0 Å². The molecule has 0 spiro atoms. The number of aliphatic hydroxyl groups is 1. The lowest BCUT2D eigenvalue weighted by atomic mass is 10.3. The van der Waals surface area contributed by atoms with Crippen LogP contribution in [0, 0.1) is 0 Å². The van der Waals surface area contributed by atoms with E-state index >= 15 is 0 Å². The molecule has 80 valence electrons. The van der Waals surface area contributed by atoms with Crippen molar-refractivity contribution in [1.29, 1.82) is 0 Å². The number of rotatable bonds is 9. The van der Waals surface area contributed by atoms with Gasteiger partial charge in [0, 0.05) is 26.2 Å². The molecule has 4 nitrogen and oxygen atoms in total. The number of hydrogen-bond donors (Lipinski definition) is 3. The lowest BCUT2D eigenvalue weighted by Gasteiger charge is -2.11. The third kappa shape index (κ3) is 9.76. The van der Waals surface area contributed by atoms with Crippen LogP contribution in [0.3, 0.4) is 0 Å². The minimum absolute atomic E-state index is 0.414. The summed E-state index contributed by atoms with van der Waals surface area (Å²) in [7, 11) is 0. The number of aliphatic hydroxyl groups excluding tert-OH is 1. The van der Waals surface area contributed by atoms with Crippen LogP contribution < -0.4 is 11.1 Å². The fraction of sp³-hybridized carbons (Fsp3) is 1.00. The summed E-state index contributed by atoms with van der Waals surface area (Å²) in [5, 5.41) is 12.4. The van der Waals surface area contributed by atoms with Gasteiger partial charge < -0.3 is 20.9 Å². The smallest absolute Gasteiger partial charge is 0.0897 e. The van der Waals surface area contributed by atoms with Crippen LogP contribution in [0.15, 0.2) is 0 Å². The maximum atomic E-state index is 9.35. The van der Waals surface area contributed by atoms with Crippen LogP contribution in [0.2, 0.25) is 0 Å². The Labute approximate surface area is 80.5 Å². The summed E-state index contributed by atoms with van der Waals surface area (Å²) in [5.41, 5.74) is 5.28. The van der Waals surface area contributed by atoms with Gasteiger partial charge in [-0.05, 0) is 6.42 Å². The molecule has 0 bridgehead atoms. The van der Waals surface area contributed by atoms with Crippen LogP contribution in [0.4, 0.5) is 0 Å². The van der Waals surface area contributed by atoms with Crippen LogP contribution in [-0.4, -0.2) is 44.1 Å². The summed E-state index contributed by atoms with van der Waals surface area (Å²) in [6, 6.07) is 0. The topological polar surface area (TPSA) is 67.5 Å². The van der Waals surface area contributed by atoms with Crippen LogP contribution in [0.25, 0.3) is 0 Å². The molecule has 1 unspecified atom stereocenters. The molecular formula is C9H22N2O2. The molecule has 0 aromatic carbocycles. The predicted molar refractivity (Wildman–Crippen MR) is 53.7 cm³/mol. The van der Waals surface area contributed by atoms with Gasteiger partial charge in [0.1, 0.15) is 0 Å². The van der Waals surface area contributed by atoms with Gasteiger partial charge in [-0.2, -0.15) is 0 Å². The standard InChI is InChI=1S/C9H22N2O2/c1-2-3-6-13-8-9(12)7-11-5-4-10/h9,11-12H,2-8,10H2,1H3. The van der Waals surface area contributed by atoms with Crippen molar-refractivity contribution in [1.82, 2.24) is 5.32 Å². The molecule has 0 heterocycles. The second-order valence-corrected chi connectivity index (χ2v) is 3.08.